The molecule has 0 spiro atoms. The normalized spacial score (nSPS) is 25.0. The highest BCUT2D eigenvalue weighted by Crippen LogP contribution is 2.47. The largest absolute Gasteiger partial charge is 0.494 e. The van der Waals surface area contributed by atoms with Crippen LogP contribution in [-0.2, 0) is 4.79 Å². The van der Waals surface area contributed by atoms with Crippen LogP contribution in [0, 0.1) is 22.2 Å². The van der Waals surface area contributed by atoms with Crippen LogP contribution in [0.25, 0.3) is 0 Å². The number of hydrogen-bond donors (Lipinski definition) is 0. The number of nitrogens with zero attached hydrogens (tertiary/aromatic N) is 1. The van der Waals surface area contributed by atoms with Crippen LogP contribution < -0.4 is 4.74 Å². The van der Waals surface area contributed by atoms with E-state index in [1.807, 2.05) is 44.2 Å². The van der Waals surface area contributed by atoms with Crippen LogP contribution in [0.5, 0.6) is 5.75 Å². The van der Waals surface area contributed by atoms with Gasteiger partial charge >= 0.3 is 0 Å². The number of benzene rings is 1. The molecule has 1 atom stereocenters. The number of carbonyl (C=O) groups is 1. The smallest absolute Gasteiger partial charge is 0.158 e. The molecule has 1 unspecified atom stereocenters. The summed E-state index contributed by atoms with van der Waals surface area (Å²) in [5.41, 5.74) is -1.22. The highest BCUT2D eigenvalue weighted by Gasteiger charge is 2.52. The van der Waals surface area contributed by atoms with Crippen LogP contribution in [0.15, 0.2) is 30.3 Å². The summed E-state index contributed by atoms with van der Waals surface area (Å²) in [6.07, 6.45) is 1.90. The Bertz CT molecular complexity index is 501. The maximum atomic E-state index is 12.3. The average Bonchev–Trinajstić information content (AvgIpc) is 2.65. The van der Waals surface area contributed by atoms with Gasteiger partial charge in [-0.2, -0.15) is 5.26 Å². The van der Waals surface area contributed by atoms with Crippen molar-refractivity contribution in [3.8, 4) is 11.8 Å². The van der Waals surface area contributed by atoms with Crippen molar-refractivity contribution in [2.75, 3.05) is 6.61 Å². The zero-order chi connectivity index (χ0) is 13.9. The molecular weight excluding hydrogens is 238 g/mol. The molecule has 3 nitrogen and oxygen atoms in total. The van der Waals surface area contributed by atoms with Crippen LogP contribution in [0.2, 0.25) is 0 Å². The lowest BCUT2D eigenvalue weighted by Crippen LogP contribution is -2.32. The van der Waals surface area contributed by atoms with Gasteiger partial charge in [0.15, 0.2) is 5.78 Å². The molecule has 0 aromatic heterocycles. The minimum Gasteiger partial charge on any atom is -0.494 e. The minimum absolute atomic E-state index is 0.0687. The van der Waals surface area contributed by atoms with Crippen molar-refractivity contribution < 1.29 is 9.53 Å². The summed E-state index contributed by atoms with van der Waals surface area (Å²) in [6, 6.07) is 11.7. The number of nitriles is 1. The van der Waals surface area contributed by atoms with Crippen molar-refractivity contribution >= 4 is 5.78 Å². The van der Waals surface area contributed by atoms with E-state index in [2.05, 4.69) is 6.07 Å². The molecule has 0 amide bonds. The second-order valence-electron chi connectivity index (χ2n) is 5.82. The number of carbonyl (C=O) groups excluding carboxylic acids is 1. The van der Waals surface area contributed by atoms with Gasteiger partial charge < -0.3 is 4.74 Å². The minimum atomic E-state index is -0.849. The van der Waals surface area contributed by atoms with Gasteiger partial charge in [-0.05, 0) is 25.0 Å². The Balaban J connectivity index is 1.98. The van der Waals surface area contributed by atoms with E-state index in [4.69, 9.17) is 4.74 Å². The van der Waals surface area contributed by atoms with Crippen LogP contribution in [-0.4, -0.2) is 12.4 Å². The number of ketones is 1. The van der Waals surface area contributed by atoms with E-state index in [0.717, 1.165) is 12.2 Å². The van der Waals surface area contributed by atoms with E-state index >= 15 is 0 Å². The molecule has 1 saturated carbocycles. The highest BCUT2D eigenvalue weighted by atomic mass is 16.5. The second kappa shape index (κ2) is 5.05. The summed E-state index contributed by atoms with van der Waals surface area (Å²) >= 11 is 0. The Kier molecular flexibility index (Phi) is 3.61. The second-order valence-corrected chi connectivity index (χ2v) is 5.82. The first-order chi connectivity index (χ1) is 9.00. The SMILES string of the molecule is CC1(C)CCC(C#N)(CCOc2ccccc2)C1=O. The number of ether oxygens (including phenoxy) is 1. The van der Waals surface area contributed by atoms with Gasteiger partial charge in [0.1, 0.15) is 11.2 Å². The number of Topliss-reactive ketones (excluding diaryl/α,β-unsaturated/α-hetero) is 1. The van der Waals surface area contributed by atoms with Gasteiger partial charge in [-0.1, -0.05) is 32.0 Å². The Morgan fingerprint density at radius 2 is 1.95 bits per heavy atom. The van der Waals surface area contributed by atoms with Gasteiger partial charge in [-0.25, -0.2) is 0 Å². The quantitative estimate of drug-likeness (QED) is 0.831. The molecule has 0 bridgehead atoms. The molecule has 1 aliphatic carbocycles. The molecule has 0 saturated heterocycles. The molecule has 0 aliphatic heterocycles. The molecule has 0 radical (unpaired) electrons. The van der Waals surface area contributed by atoms with Crippen molar-refractivity contribution in [1.82, 2.24) is 0 Å². The lowest BCUT2D eigenvalue weighted by atomic mass is 9.79. The van der Waals surface area contributed by atoms with Gasteiger partial charge in [0.05, 0.1) is 12.7 Å². The van der Waals surface area contributed by atoms with E-state index in [-0.39, 0.29) is 11.2 Å². The maximum Gasteiger partial charge on any atom is 0.158 e. The third-order valence-corrected chi connectivity index (χ3v) is 3.98. The summed E-state index contributed by atoms with van der Waals surface area (Å²) in [5, 5.41) is 9.39. The summed E-state index contributed by atoms with van der Waals surface area (Å²) in [7, 11) is 0. The van der Waals surface area contributed by atoms with Gasteiger partial charge in [0, 0.05) is 11.8 Å². The average molecular weight is 257 g/mol. The van der Waals surface area contributed by atoms with Crippen LogP contribution in [0.1, 0.15) is 33.1 Å². The van der Waals surface area contributed by atoms with E-state index in [9.17, 15) is 10.1 Å². The molecule has 0 heterocycles. The van der Waals surface area contributed by atoms with Crippen molar-refractivity contribution in [3.05, 3.63) is 30.3 Å². The van der Waals surface area contributed by atoms with Crippen LogP contribution in [0.4, 0.5) is 0 Å². The Morgan fingerprint density at radius 3 is 2.47 bits per heavy atom. The lowest BCUT2D eigenvalue weighted by Gasteiger charge is -2.22. The monoisotopic (exact) mass is 257 g/mol. The molecule has 19 heavy (non-hydrogen) atoms. The topological polar surface area (TPSA) is 50.1 Å². The fraction of sp³-hybridized carbons (Fsp3) is 0.500. The summed E-state index contributed by atoms with van der Waals surface area (Å²) < 4.78 is 5.61. The van der Waals surface area contributed by atoms with Gasteiger partial charge in [-0.3, -0.25) is 4.79 Å². The Labute approximate surface area is 114 Å². The first-order valence-electron chi connectivity index (χ1n) is 6.64. The Morgan fingerprint density at radius 1 is 1.26 bits per heavy atom. The van der Waals surface area contributed by atoms with E-state index in [1.165, 1.54) is 0 Å². The predicted octanol–water partition coefficient (Wildman–Crippen LogP) is 3.35. The highest BCUT2D eigenvalue weighted by molar-refractivity contribution is 5.94. The molecule has 1 aromatic carbocycles. The third kappa shape index (κ3) is 2.63. The molecule has 1 aromatic rings. The summed E-state index contributed by atoms with van der Waals surface area (Å²) in [6.45, 7) is 4.25. The van der Waals surface area contributed by atoms with Crippen molar-refractivity contribution in [3.63, 3.8) is 0 Å². The fourth-order valence-electron chi connectivity index (χ4n) is 2.66. The summed E-state index contributed by atoms with van der Waals surface area (Å²) in [4.78, 5) is 12.3. The predicted molar refractivity (Wildman–Crippen MR) is 72.6 cm³/mol. The standard InChI is InChI=1S/C16H19NO2/c1-15(2)8-9-16(12-17,14(15)18)10-11-19-13-6-4-3-5-7-13/h3-7H,8-11H2,1-2H3. The van der Waals surface area contributed by atoms with Crippen LogP contribution >= 0.6 is 0 Å². The molecular formula is C16H19NO2. The molecule has 100 valence electrons. The zero-order valence-corrected chi connectivity index (χ0v) is 11.5. The first-order valence-corrected chi connectivity index (χ1v) is 6.64. The first kappa shape index (κ1) is 13.6. The van der Waals surface area contributed by atoms with Crippen molar-refractivity contribution in [2.24, 2.45) is 10.8 Å². The maximum absolute atomic E-state index is 12.3. The summed E-state index contributed by atoms with van der Waals surface area (Å²) in [5.74, 6) is 0.847. The molecule has 1 aliphatic rings. The van der Waals surface area contributed by atoms with Gasteiger partial charge in [0.25, 0.3) is 0 Å². The molecule has 0 N–H and O–H groups in total. The van der Waals surface area contributed by atoms with Crippen LogP contribution in [0.3, 0.4) is 0 Å². The number of rotatable bonds is 4. The fourth-order valence-corrected chi connectivity index (χ4v) is 2.66. The Hall–Kier alpha value is -1.82. The number of hydrogen-bond acceptors (Lipinski definition) is 3. The molecule has 3 heteroatoms. The van der Waals surface area contributed by atoms with E-state index < -0.39 is 5.41 Å². The zero-order valence-electron chi connectivity index (χ0n) is 11.5. The lowest BCUT2D eigenvalue weighted by molar-refractivity contribution is -0.130. The van der Waals surface area contributed by atoms with E-state index in [1.54, 1.807) is 0 Å². The number of para-hydroxylation sites is 1. The van der Waals surface area contributed by atoms with Gasteiger partial charge in [-0.15, -0.1) is 0 Å². The third-order valence-electron chi connectivity index (χ3n) is 3.98. The van der Waals surface area contributed by atoms with E-state index in [0.29, 0.717) is 19.4 Å². The van der Waals surface area contributed by atoms with Crippen molar-refractivity contribution in [1.29, 1.82) is 5.26 Å². The van der Waals surface area contributed by atoms with Gasteiger partial charge in [0.2, 0.25) is 0 Å². The molecule has 1 fully saturated rings. The molecule has 2 rings (SSSR count). The van der Waals surface area contributed by atoms with Crippen molar-refractivity contribution in [2.45, 2.75) is 33.1 Å².